The first kappa shape index (κ1) is 16.4. The Hall–Kier alpha value is -1.62. The van der Waals surface area contributed by atoms with Crippen LogP contribution in [0.3, 0.4) is 0 Å². The average molecular weight is 282 g/mol. The summed E-state index contributed by atoms with van der Waals surface area (Å²) in [6, 6.07) is 4.48. The molecule has 1 aromatic carbocycles. The first-order valence-electron chi connectivity index (χ1n) is 6.88. The van der Waals surface area contributed by atoms with Crippen LogP contribution >= 0.6 is 0 Å². The number of hydrogen-bond donors (Lipinski definition) is 2. The van der Waals surface area contributed by atoms with Crippen molar-refractivity contribution in [3.05, 3.63) is 29.6 Å². The molecule has 0 aliphatic rings. The van der Waals surface area contributed by atoms with Crippen molar-refractivity contribution in [2.45, 2.75) is 45.7 Å². The van der Waals surface area contributed by atoms with Crippen LogP contribution in [0.1, 0.15) is 32.8 Å². The Morgan fingerprint density at radius 1 is 1.40 bits per heavy atom. The normalized spacial score (nSPS) is 12.3. The Kier molecular flexibility index (Phi) is 6.45. The predicted octanol–water partition coefficient (Wildman–Crippen LogP) is 2.01. The van der Waals surface area contributed by atoms with E-state index in [9.17, 15) is 9.18 Å². The number of carbonyl (C=O) groups is 1. The third-order valence-corrected chi connectivity index (χ3v) is 2.77. The van der Waals surface area contributed by atoms with E-state index >= 15 is 0 Å². The largest absolute Gasteiger partial charge is 0.484 e. The summed E-state index contributed by atoms with van der Waals surface area (Å²) in [5.41, 5.74) is 6.63. The lowest BCUT2D eigenvalue weighted by atomic mass is 10.0. The molecule has 1 amide bonds. The highest BCUT2D eigenvalue weighted by Crippen LogP contribution is 2.18. The smallest absolute Gasteiger partial charge is 0.258 e. The van der Waals surface area contributed by atoms with E-state index in [4.69, 9.17) is 10.5 Å². The maximum atomic E-state index is 13.5. The zero-order valence-corrected chi connectivity index (χ0v) is 12.3. The highest BCUT2D eigenvalue weighted by Gasteiger charge is 2.08. The minimum Gasteiger partial charge on any atom is -0.484 e. The number of halogens is 1. The number of rotatable bonds is 7. The van der Waals surface area contributed by atoms with Gasteiger partial charge < -0.3 is 15.8 Å². The van der Waals surface area contributed by atoms with Crippen LogP contribution in [-0.4, -0.2) is 24.6 Å². The first-order chi connectivity index (χ1) is 9.40. The van der Waals surface area contributed by atoms with Gasteiger partial charge in [0.1, 0.15) is 11.6 Å². The summed E-state index contributed by atoms with van der Waals surface area (Å²) in [7, 11) is 0. The molecule has 0 radical (unpaired) electrons. The standard InChI is InChI=1S/C15H23FN2O2/c1-4-13(17)6-11-5-12(16)8-14(7-11)20-9-15(19)18-10(2)3/h5,7-8,10,13H,4,6,9,17H2,1-3H3,(H,18,19). The number of ether oxygens (including phenoxy) is 1. The van der Waals surface area contributed by atoms with Gasteiger partial charge in [-0.25, -0.2) is 4.39 Å². The average Bonchev–Trinajstić information content (AvgIpc) is 2.34. The van der Waals surface area contributed by atoms with Crippen LogP contribution in [0.4, 0.5) is 4.39 Å². The van der Waals surface area contributed by atoms with E-state index in [2.05, 4.69) is 5.32 Å². The van der Waals surface area contributed by atoms with Crippen LogP contribution in [0, 0.1) is 5.82 Å². The predicted molar refractivity (Wildman–Crippen MR) is 77.1 cm³/mol. The SMILES string of the molecule is CCC(N)Cc1cc(F)cc(OCC(=O)NC(C)C)c1. The van der Waals surface area contributed by atoms with Crippen molar-refractivity contribution in [3.63, 3.8) is 0 Å². The molecular formula is C15H23FN2O2. The van der Waals surface area contributed by atoms with Crippen LogP contribution in [0.15, 0.2) is 18.2 Å². The number of amides is 1. The van der Waals surface area contributed by atoms with E-state index in [1.165, 1.54) is 12.1 Å². The van der Waals surface area contributed by atoms with Crippen LogP contribution in [0.25, 0.3) is 0 Å². The fourth-order valence-corrected chi connectivity index (χ4v) is 1.78. The molecular weight excluding hydrogens is 259 g/mol. The Bertz CT molecular complexity index is 449. The van der Waals surface area contributed by atoms with Gasteiger partial charge in [0.15, 0.2) is 6.61 Å². The number of benzene rings is 1. The quantitative estimate of drug-likeness (QED) is 0.804. The molecule has 0 bridgehead atoms. The van der Waals surface area contributed by atoms with Crippen LogP contribution in [0.2, 0.25) is 0 Å². The molecule has 20 heavy (non-hydrogen) atoms. The second-order valence-corrected chi connectivity index (χ2v) is 5.18. The summed E-state index contributed by atoms with van der Waals surface area (Å²) in [6.45, 7) is 5.59. The third-order valence-electron chi connectivity index (χ3n) is 2.77. The molecule has 5 heteroatoms. The van der Waals surface area contributed by atoms with Gasteiger partial charge in [-0.15, -0.1) is 0 Å². The summed E-state index contributed by atoms with van der Waals surface area (Å²) < 4.78 is 18.8. The zero-order valence-electron chi connectivity index (χ0n) is 12.3. The number of carbonyl (C=O) groups excluding carboxylic acids is 1. The summed E-state index contributed by atoms with van der Waals surface area (Å²) >= 11 is 0. The molecule has 0 heterocycles. The zero-order chi connectivity index (χ0) is 15.1. The third kappa shape index (κ3) is 6.02. The molecule has 1 atom stereocenters. The highest BCUT2D eigenvalue weighted by molar-refractivity contribution is 5.77. The van der Waals surface area contributed by atoms with Crippen LogP contribution in [-0.2, 0) is 11.2 Å². The topological polar surface area (TPSA) is 64.3 Å². The number of nitrogens with one attached hydrogen (secondary N) is 1. The van der Waals surface area contributed by atoms with Gasteiger partial charge in [0.05, 0.1) is 0 Å². The molecule has 0 aromatic heterocycles. The van der Waals surface area contributed by atoms with E-state index < -0.39 is 0 Å². The molecule has 0 spiro atoms. The molecule has 4 nitrogen and oxygen atoms in total. The monoisotopic (exact) mass is 282 g/mol. The summed E-state index contributed by atoms with van der Waals surface area (Å²) in [4.78, 5) is 11.5. The number of hydrogen-bond acceptors (Lipinski definition) is 3. The lowest BCUT2D eigenvalue weighted by Crippen LogP contribution is -2.34. The van der Waals surface area contributed by atoms with E-state index in [-0.39, 0.29) is 30.4 Å². The van der Waals surface area contributed by atoms with Gasteiger partial charge in [0.25, 0.3) is 5.91 Å². The van der Waals surface area contributed by atoms with E-state index in [0.717, 1.165) is 12.0 Å². The Morgan fingerprint density at radius 2 is 2.10 bits per heavy atom. The van der Waals surface area contributed by atoms with Crippen molar-refractivity contribution in [1.82, 2.24) is 5.32 Å². The van der Waals surface area contributed by atoms with Gasteiger partial charge in [-0.3, -0.25) is 4.79 Å². The van der Waals surface area contributed by atoms with Gasteiger partial charge in [-0.05, 0) is 44.4 Å². The molecule has 0 aliphatic heterocycles. The van der Waals surface area contributed by atoms with Gasteiger partial charge in [0, 0.05) is 18.2 Å². The Morgan fingerprint density at radius 3 is 2.70 bits per heavy atom. The molecule has 1 aromatic rings. The van der Waals surface area contributed by atoms with Crippen molar-refractivity contribution in [3.8, 4) is 5.75 Å². The van der Waals surface area contributed by atoms with Crippen molar-refractivity contribution in [1.29, 1.82) is 0 Å². The lowest BCUT2D eigenvalue weighted by molar-refractivity contribution is -0.123. The second kappa shape index (κ2) is 7.85. The first-order valence-corrected chi connectivity index (χ1v) is 6.88. The molecule has 112 valence electrons. The Balaban J connectivity index is 2.63. The van der Waals surface area contributed by atoms with Crippen molar-refractivity contribution >= 4 is 5.91 Å². The fourth-order valence-electron chi connectivity index (χ4n) is 1.78. The molecule has 0 aliphatic carbocycles. The summed E-state index contributed by atoms with van der Waals surface area (Å²) in [5.74, 6) is -0.261. The minimum atomic E-state index is -0.384. The molecule has 0 fully saturated rings. The molecule has 1 rings (SSSR count). The van der Waals surface area contributed by atoms with Crippen molar-refractivity contribution in [2.24, 2.45) is 5.73 Å². The van der Waals surface area contributed by atoms with Crippen LogP contribution in [0.5, 0.6) is 5.75 Å². The molecule has 3 N–H and O–H groups in total. The second-order valence-electron chi connectivity index (χ2n) is 5.18. The lowest BCUT2D eigenvalue weighted by Gasteiger charge is -2.12. The van der Waals surface area contributed by atoms with Crippen LogP contribution < -0.4 is 15.8 Å². The van der Waals surface area contributed by atoms with Crippen molar-refractivity contribution in [2.75, 3.05) is 6.61 Å². The van der Waals surface area contributed by atoms with E-state index in [1.807, 2.05) is 20.8 Å². The maximum Gasteiger partial charge on any atom is 0.258 e. The minimum absolute atomic E-state index is 0.00566. The molecule has 1 unspecified atom stereocenters. The molecule has 0 saturated heterocycles. The van der Waals surface area contributed by atoms with Gasteiger partial charge in [-0.2, -0.15) is 0 Å². The van der Waals surface area contributed by atoms with Gasteiger partial charge in [0.2, 0.25) is 0 Å². The molecule has 0 saturated carbocycles. The number of nitrogens with two attached hydrogens (primary N) is 1. The van der Waals surface area contributed by atoms with Gasteiger partial charge >= 0.3 is 0 Å². The van der Waals surface area contributed by atoms with E-state index in [0.29, 0.717) is 12.2 Å². The van der Waals surface area contributed by atoms with E-state index in [1.54, 1.807) is 6.07 Å². The van der Waals surface area contributed by atoms with Gasteiger partial charge in [-0.1, -0.05) is 6.92 Å². The highest BCUT2D eigenvalue weighted by atomic mass is 19.1. The summed E-state index contributed by atoms with van der Waals surface area (Å²) in [5, 5.41) is 2.71. The fraction of sp³-hybridized carbons (Fsp3) is 0.533. The van der Waals surface area contributed by atoms with Crippen molar-refractivity contribution < 1.29 is 13.9 Å². The maximum absolute atomic E-state index is 13.5. The summed E-state index contributed by atoms with van der Waals surface area (Å²) in [6.07, 6.45) is 1.41. The Labute approximate surface area is 119 Å².